The van der Waals surface area contributed by atoms with E-state index in [0.717, 1.165) is 5.56 Å². The summed E-state index contributed by atoms with van der Waals surface area (Å²) < 4.78 is 6.98. The molecule has 0 aromatic carbocycles. The van der Waals surface area contributed by atoms with Crippen LogP contribution in [-0.4, -0.2) is 24.7 Å². The van der Waals surface area contributed by atoms with Crippen LogP contribution in [0.4, 0.5) is 0 Å². The Hall–Kier alpha value is -2.02. The van der Waals surface area contributed by atoms with E-state index in [4.69, 9.17) is 22.7 Å². The van der Waals surface area contributed by atoms with Crippen LogP contribution in [0.2, 0.25) is 0 Å². The topological polar surface area (TPSA) is 78.9 Å². The van der Waals surface area contributed by atoms with Crippen molar-refractivity contribution >= 4 is 17.2 Å². The molecular formula is C10H11N5OS. The van der Waals surface area contributed by atoms with Crippen LogP contribution >= 0.6 is 12.2 Å². The van der Waals surface area contributed by atoms with E-state index in [1.165, 1.54) is 11.0 Å². The van der Waals surface area contributed by atoms with E-state index in [9.17, 15) is 0 Å². The van der Waals surface area contributed by atoms with Gasteiger partial charge in [0.15, 0.2) is 0 Å². The molecule has 0 unspecified atom stereocenters. The molecule has 0 aliphatic heterocycles. The van der Waals surface area contributed by atoms with Gasteiger partial charge in [0.05, 0.1) is 5.56 Å². The van der Waals surface area contributed by atoms with E-state index in [1.807, 2.05) is 13.0 Å². The molecule has 2 rings (SSSR count). The molecule has 0 saturated heterocycles. The molecule has 0 atom stereocenters. The van der Waals surface area contributed by atoms with E-state index in [1.54, 1.807) is 13.2 Å². The molecule has 0 fully saturated rings. The first kappa shape index (κ1) is 11.5. The van der Waals surface area contributed by atoms with Crippen LogP contribution in [0.1, 0.15) is 11.1 Å². The highest BCUT2D eigenvalue weighted by Gasteiger charge is 2.13. The first-order valence-electron chi connectivity index (χ1n) is 4.87. The number of ether oxygens (including phenoxy) is 1. The highest BCUT2D eigenvalue weighted by atomic mass is 32.1. The van der Waals surface area contributed by atoms with Gasteiger partial charge in [0.1, 0.15) is 11.3 Å². The number of pyridine rings is 1. The monoisotopic (exact) mass is 249 g/mol. The lowest BCUT2D eigenvalue weighted by molar-refractivity contribution is 0.421. The number of nitrogens with zero attached hydrogens (tertiary/aromatic N) is 4. The molecule has 0 radical (unpaired) electrons. The van der Waals surface area contributed by atoms with Crippen LogP contribution < -0.4 is 10.5 Å². The molecule has 7 heteroatoms. The Labute approximate surface area is 103 Å². The average molecular weight is 249 g/mol. The average Bonchev–Trinajstić information content (AvgIpc) is 2.63. The van der Waals surface area contributed by atoms with Crippen molar-refractivity contribution in [3.05, 3.63) is 29.7 Å². The second-order valence-corrected chi connectivity index (χ2v) is 3.91. The minimum Gasteiger partial charge on any atom is -0.403 e. The lowest BCUT2D eigenvalue weighted by Crippen LogP contribution is -2.13. The first-order valence-corrected chi connectivity index (χ1v) is 5.27. The van der Waals surface area contributed by atoms with Gasteiger partial charge in [-0.3, -0.25) is 4.68 Å². The van der Waals surface area contributed by atoms with Crippen LogP contribution in [0.25, 0.3) is 0 Å². The third-order valence-corrected chi connectivity index (χ3v) is 2.34. The van der Waals surface area contributed by atoms with Gasteiger partial charge >= 0.3 is 6.01 Å². The molecule has 0 saturated carbocycles. The van der Waals surface area contributed by atoms with Gasteiger partial charge in [-0.15, -0.1) is 5.10 Å². The molecule has 2 heterocycles. The number of rotatable bonds is 3. The zero-order valence-corrected chi connectivity index (χ0v) is 10.2. The molecule has 0 spiro atoms. The molecule has 2 aromatic rings. The molecule has 88 valence electrons. The first-order chi connectivity index (χ1) is 8.08. The van der Waals surface area contributed by atoms with Crippen molar-refractivity contribution in [3.63, 3.8) is 0 Å². The minimum atomic E-state index is 0.211. The van der Waals surface area contributed by atoms with Gasteiger partial charge in [-0.1, -0.05) is 12.2 Å². The van der Waals surface area contributed by atoms with Crippen LogP contribution in [0.5, 0.6) is 11.9 Å². The molecule has 0 amide bonds. The van der Waals surface area contributed by atoms with E-state index < -0.39 is 0 Å². The summed E-state index contributed by atoms with van der Waals surface area (Å²) in [5.74, 6) is 0.323. The van der Waals surface area contributed by atoms with E-state index in [-0.39, 0.29) is 11.0 Å². The largest absolute Gasteiger partial charge is 0.403 e. The Morgan fingerprint density at radius 2 is 2.24 bits per heavy atom. The van der Waals surface area contributed by atoms with E-state index >= 15 is 0 Å². The van der Waals surface area contributed by atoms with Crippen molar-refractivity contribution in [3.8, 4) is 11.9 Å². The van der Waals surface area contributed by atoms with Crippen LogP contribution in [0, 0.1) is 6.92 Å². The van der Waals surface area contributed by atoms with Crippen molar-refractivity contribution in [2.45, 2.75) is 6.92 Å². The number of aromatic nitrogens is 4. The molecular weight excluding hydrogens is 238 g/mol. The SMILES string of the molecule is Cc1ccnc(Oc2ncn(C)n2)c1C(N)=S. The Balaban J connectivity index is 2.39. The number of nitrogens with two attached hydrogens (primary N) is 1. The van der Waals surface area contributed by atoms with Crippen LogP contribution in [0.15, 0.2) is 18.6 Å². The van der Waals surface area contributed by atoms with Crippen molar-refractivity contribution in [1.29, 1.82) is 0 Å². The summed E-state index contributed by atoms with van der Waals surface area (Å²) in [5.41, 5.74) is 7.15. The summed E-state index contributed by atoms with van der Waals surface area (Å²) in [6.45, 7) is 1.88. The fourth-order valence-electron chi connectivity index (χ4n) is 1.36. The quantitative estimate of drug-likeness (QED) is 0.816. The second-order valence-electron chi connectivity index (χ2n) is 3.48. The molecule has 17 heavy (non-hydrogen) atoms. The fourth-order valence-corrected chi connectivity index (χ4v) is 1.61. The molecule has 2 N–H and O–H groups in total. The summed E-state index contributed by atoms with van der Waals surface area (Å²) in [4.78, 5) is 8.27. The highest BCUT2D eigenvalue weighted by molar-refractivity contribution is 7.80. The molecule has 2 aromatic heterocycles. The van der Waals surface area contributed by atoms with Crippen molar-refractivity contribution < 1.29 is 4.74 Å². The van der Waals surface area contributed by atoms with Crippen LogP contribution in [-0.2, 0) is 7.05 Å². The normalized spacial score (nSPS) is 10.2. The van der Waals surface area contributed by atoms with E-state index in [2.05, 4.69) is 15.1 Å². The summed E-state index contributed by atoms with van der Waals surface area (Å²) >= 11 is 4.97. The van der Waals surface area contributed by atoms with Gasteiger partial charge in [0.25, 0.3) is 0 Å². The summed E-state index contributed by atoms with van der Waals surface area (Å²) in [6.07, 6.45) is 3.15. The van der Waals surface area contributed by atoms with Gasteiger partial charge in [0.2, 0.25) is 5.88 Å². The predicted octanol–water partition coefficient (Wildman–Crippen LogP) is 0.945. The maximum atomic E-state index is 5.64. The lowest BCUT2D eigenvalue weighted by atomic mass is 10.1. The van der Waals surface area contributed by atoms with Gasteiger partial charge in [0, 0.05) is 13.2 Å². The van der Waals surface area contributed by atoms with Gasteiger partial charge in [-0.05, 0) is 18.6 Å². The highest BCUT2D eigenvalue weighted by Crippen LogP contribution is 2.22. The standard InChI is InChI=1S/C10H11N5OS/c1-6-3-4-12-9(7(6)8(11)17)16-10-13-5-15(2)14-10/h3-5H,1-2H3,(H2,11,17). The second kappa shape index (κ2) is 4.46. The fraction of sp³-hybridized carbons (Fsp3) is 0.200. The number of hydrogen-bond acceptors (Lipinski definition) is 5. The zero-order valence-electron chi connectivity index (χ0n) is 9.41. The Kier molecular flexibility index (Phi) is 3.01. The maximum Gasteiger partial charge on any atom is 0.342 e. The van der Waals surface area contributed by atoms with Crippen molar-refractivity contribution in [2.75, 3.05) is 0 Å². The van der Waals surface area contributed by atoms with Crippen LogP contribution in [0.3, 0.4) is 0 Å². The summed E-state index contributed by atoms with van der Waals surface area (Å²) in [6, 6.07) is 2.02. The number of thiocarbonyl (C=S) groups is 1. The lowest BCUT2D eigenvalue weighted by Gasteiger charge is -2.08. The van der Waals surface area contributed by atoms with Gasteiger partial charge in [-0.2, -0.15) is 4.98 Å². The zero-order chi connectivity index (χ0) is 12.4. The molecule has 6 nitrogen and oxygen atoms in total. The number of aryl methyl sites for hydroxylation is 2. The molecule has 0 bridgehead atoms. The predicted molar refractivity (Wildman–Crippen MR) is 65.9 cm³/mol. The Bertz CT molecular complexity index is 566. The van der Waals surface area contributed by atoms with Crippen molar-refractivity contribution in [2.24, 2.45) is 12.8 Å². The minimum absolute atomic E-state index is 0.211. The van der Waals surface area contributed by atoms with E-state index in [0.29, 0.717) is 11.4 Å². The smallest absolute Gasteiger partial charge is 0.342 e. The van der Waals surface area contributed by atoms with Gasteiger partial charge < -0.3 is 10.5 Å². The Morgan fingerprint density at radius 3 is 2.82 bits per heavy atom. The molecule has 0 aliphatic carbocycles. The number of hydrogen-bond donors (Lipinski definition) is 1. The third kappa shape index (κ3) is 2.39. The maximum absolute atomic E-state index is 5.64. The summed E-state index contributed by atoms with van der Waals surface area (Å²) in [7, 11) is 1.75. The summed E-state index contributed by atoms with van der Waals surface area (Å²) in [5, 5.41) is 4.00. The van der Waals surface area contributed by atoms with Crippen molar-refractivity contribution in [1.82, 2.24) is 19.7 Å². The molecule has 0 aliphatic rings. The van der Waals surface area contributed by atoms with Gasteiger partial charge in [-0.25, -0.2) is 4.98 Å². The Morgan fingerprint density at radius 1 is 1.47 bits per heavy atom. The third-order valence-electron chi connectivity index (χ3n) is 2.14.